The molecule has 0 fully saturated rings. The van der Waals surface area contributed by atoms with Gasteiger partial charge in [-0.25, -0.2) is 0 Å². The Hall–Kier alpha value is -1.42. The minimum absolute atomic E-state index is 0.240. The lowest BCUT2D eigenvalue weighted by molar-refractivity contribution is -0.385. The molecule has 18 heavy (non-hydrogen) atoms. The molecule has 0 aromatic heterocycles. The molecule has 0 spiro atoms. The third kappa shape index (κ3) is 4.45. The van der Waals surface area contributed by atoms with Crippen molar-refractivity contribution in [3.63, 3.8) is 0 Å². The summed E-state index contributed by atoms with van der Waals surface area (Å²) in [6, 6.07) is 7.48. The largest absolute Gasteiger partial charge is 0.314 e. The molecule has 0 heterocycles. The van der Waals surface area contributed by atoms with E-state index in [9.17, 15) is 10.1 Å². The molecule has 0 radical (unpaired) electrons. The molecule has 1 unspecified atom stereocenters. The molecule has 4 heteroatoms. The van der Waals surface area contributed by atoms with Crippen LogP contribution in [0, 0.1) is 10.1 Å². The van der Waals surface area contributed by atoms with E-state index in [1.807, 2.05) is 12.1 Å². The molecule has 100 valence electrons. The van der Waals surface area contributed by atoms with Crippen molar-refractivity contribution in [2.45, 2.75) is 45.6 Å². The third-order valence-corrected chi connectivity index (χ3v) is 3.08. The van der Waals surface area contributed by atoms with Crippen molar-refractivity contribution in [2.24, 2.45) is 0 Å². The van der Waals surface area contributed by atoms with Crippen molar-refractivity contribution in [1.82, 2.24) is 5.32 Å². The molecule has 1 aromatic rings. The topological polar surface area (TPSA) is 55.2 Å². The zero-order valence-electron chi connectivity index (χ0n) is 11.2. The number of nitro groups is 1. The van der Waals surface area contributed by atoms with Crippen molar-refractivity contribution in [1.29, 1.82) is 0 Å². The molecule has 0 amide bonds. The lowest BCUT2D eigenvalue weighted by Crippen LogP contribution is -2.29. The van der Waals surface area contributed by atoms with Crippen LogP contribution in [0.3, 0.4) is 0 Å². The second-order valence-electron chi connectivity index (χ2n) is 4.47. The van der Waals surface area contributed by atoms with Crippen molar-refractivity contribution < 1.29 is 4.92 Å². The summed E-state index contributed by atoms with van der Waals surface area (Å²) in [5.74, 6) is 0. The molecule has 1 N–H and O–H groups in total. The lowest BCUT2D eigenvalue weighted by Gasteiger charge is -2.16. The number of nitro benzene ring substituents is 1. The van der Waals surface area contributed by atoms with Crippen LogP contribution in [-0.2, 0) is 6.42 Å². The van der Waals surface area contributed by atoms with Crippen molar-refractivity contribution >= 4 is 5.69 Å². The van der Waals surface area contributed by atoms with Gasteiger partial charge in [0.25, 0.3) is 5.69 Å². The van der Waals surface area contributed by atoms with Crippen LogP contribution in [-0.4, -0.2) is 17.5 Å². The van der Waals surface area contributed by atoms with Gasteiger partial charge in [0, 0.05) is 17.7 Å². The highest BCUT2D eigenvalue weighted by atomic mass is 16.6. The quantitative estimate of drug-likeness (QED) is 0.569. The van der Waals surface area contributed by atoms with E-state index in [-0.39, 0.29) is 10.6 Å². The Kier molecular flexibility index (Phi) is 6.36. The summed E-state index contributed by atoms with van der Waals surface area (Å²) >= 11 is 0. The van der Waals surface area contributed by atoms with E-state index in [1.54, 1.807) is 12.1 Å². The van der Waals surface area contributed by atoms with Crippen molar-refractivity contribution in [3.05, 3.63) is 39.9 Å². The molecular weight excluding hydrogens is 228 g/mol. The molecule has 0 saturated carbocycles. The zero-order chi connectivity index (χ0) is 13.4. The van der Waals surface area contributed by atoms with Gasteiger partial charge in [-0.05, 0) is 25.8 Å². The van der Waals surface area contributed by atoms with Gasteiger partial charge in [-0.3, -0.25) is 10.1 Å². The normalized spacial score (nSPS) is 12.3. The Balaban J connectivity index is 2.63. The maximum Gasteiger partial charge on any atom is 0.272 e. The number of aryl methyl sites for hydroxylation is 1. The monoisotopic (exact) mass is 250 g/mol. The molecular formula is C14H22N2O2. The number of hydrogen-bond acceptors (Lipinski definition) is 3. The van der Waals surface area contributed by atoms with Crippen LogP contribution >= 0.6 is 0 Å². The number of hydrogen-bond donors (Lipinski definition) is 1. The van der Waals surface area contributed by atoms with Gasteiger partial charge in [0.1, 0.15) is 0 Å². The highest BCUT2D eigenvalue weighted by Crippen LogP contribution is 2.20. The van der Waals surface area contributed by atoms with Gasteiger partial charge in [-0.15, -0.1) is 0 Å². The third-order valence-electron chi connectivity index (χ3n) is 3.08. The van der Waals surface area contributed by atoms with E-state index in [0.29, 0.717) is 6.04 Å². The Morgan fingerprint density at radius 2 is 2.00 bits per heavy atom. The summed E-state index contributed by atoms with van der Waals surface area (Å²) in [5.41, 5.74) is 1.07. The fourth-order valence-corrected chi connectivity index (χ4v) is 2.22. The Morgan fingerprint density at radius 1 is 1.28 bits per heavy atom. The molecule has 0 aliphatic rings. The zero-order valence-corrected chi connectivity index (χ0v) is 11.2. The maximum absolute atomic E-state index is 10.9. The molecule has 0 saturated heterocycles. The molecule has 1 rings (SSSR count). The number of nitrogens with one attached hydrogen (secondary N) is 1. The van der Waals surface area contributed by atoms with Crippen LogP contribution in [0.4, 0.5) is 5.69 Å². The van der Waals surface area contributed by atoms with Gasteiger partial charge in [-0.2, -0.15) is 0 Å². The predicted octanol–water partition coefficient (Wildman–Crippen LogP) is 3.31. The van der Waals surface area contributed by atoms with Crippen LogP contribution in [0.25, 0.3) is 0 Å². The van der Waals surface area contributed by atoms with E-state index in [2.05, 4.69) is 19.2 Å². The Morgan fingerprint density at radius 3 is 2.61 bits per heavy atom. The lowest BCUT2D eigenvalue weighted by atomic mass is 10.0. The molecule has 1 aromatic carbocycles. The SMILES string of the molecule is CCCC(CCc1ccccc1[N+](=O)[O-])NCC. The Labute approximate surface area is 109 Å². The number of nitrogens with zero attached hydrogens (tertiary/aromatic N) is 1. The van der Waals surface area contributed by atoms with Crippen LogP contribution in [0.1, 0.15) is 38.7 Å². The molecule has 0 bridgehead atoms. The van der Waals surface area contributed by atoms with Crippen LogP contribution < -0.4 is 5.32 Å². The molecule has 1 atom stereocenters. The first-order valence-electron chi connectivity index (χ1n) is 6.64. The van der Waals surface area contributed by atoms with Crippen LogP contribution in [0.15, 0.2) is 24.3 Å². The van der Waals surface area contributed by atoms with Gasteiger partial charge in [-0.1, -0.05) is 38.5 Å². The first kappa shape index (κ1) is 14.6. The fourth-order valence-electron chi connectivity index (χ4n) is 2.22. The standard InChI is InChI=1S/C14H22N2O2/c1-3-7-13(15-4-2)11-10-12-8-5-6-9-14(12)16(17)18/h5-6,8-9,13,15H,3-4,7,10-11H2,1-2H3. The van der Waals surface area contributed by atoms with Gasteiger partial charge in [0.05, 0.1) is 4.92 Å². The van der Waals surface area contributed by atoms with E-state index in [4.69, 9.17) is 0 Å². The first-order chi connectivity index (χ1) is 8.69. The van der Waals surface area contributed by atoms with E-state index in [0.717, 1.165) is 37.8 Å². The Bertz CT molecular complexity index is 374. The summed E-state index contributed by atoms with van der Waals surface area (Å²) < 4.78 is 0. The number of benzene rings is 1. The number of rotatable bonds is 8. The second kappa shape index (κ2) is 7.82. The molecule has 0 aliphatic heterocycles. The molecule has 0 aliphatic carbocycles. The minimum Gasteiger partial charge on any atom is -0.314 e. The highest BCUT2D eigenvalue weighted by molar-refractivity contribution is 5.39. The maximum atomic E-state index is 10.9. The first-order valence-corrected chi connectivity index (χ1v) is 6.64. The average molecular weight is 250 g/mol. The highest BCUT2D eigenvalue weighted by Gasteiger charge is 2.14. The minimum atomic E-state index is -0.294. The average Bonchev–Trinajstić information content (AvgIpc) is 2.36. The van der Waals surface area contributed by atoms with Crippen LogP contribution in [0.2, 0.25) is 0 Å². The fraction of sp³-hybridized carbons (Fsp3) is 0.571. The summed E-state index contributed by atoms with van der Waals surface area (Å²) in [4.78, 5) is 10.6. The van der Waals surface area contributed by atoms with Crippen molar-refractivity contribution in [3.8, 4) is 0 Å². The summed E-state index contributed by atoms with van der Waals surface area (Å²) in [6.07, 6.45) is 3.96. The summed E-state index contributed by atoms with van der Waals surface area (Å²) in [5, 5.41) is 14.3. The van der Waals surface area contributed by atoms with Gasteiger partial charge in [0.15, 0.2) is 0 Å². The smallest absolute Gasteiger partial charge is 0.272 e. The van der Waals surface area contributed by atoms with Gasteiger partial charge < -0.3 is 5.32 Å². The summed E-state index contributed by atoms with van der Waals surface area (Å²) in [6.45, 7) is 5.20. The summed E-state index contributed by atoms with van der Waals surface area (Å²) in [7, 11) is 0. The van der Waals surface area contributed by atoms with Crippen LogP contribution in [0.5, 0.6) is 0 Å². The van der Waals surface area contributed by atoms with E-state index >= 15 is 0 Å². The number of para-hydroxylation sites is 1. The predicted molar refractivity (Wildman–Crippen MR) is 73.8 cm³/mol. The van der Waals surface area contributed by atoms with E-state index in [1.165, 1.54) is 0 Å². The van der Waals surface area contributed by atoms with Gasteiger partial charge in [0.2, 0.25) is 0 Å². The second-order valence-corrected chi connectivity index (χ2v) is 4.47. The molecule has 4 nitrogen and oxygen atoms in total. The van der Waals surface area contributed by atoms with Crippen molar-refractivity contribution in [2.75, 3.05) is 6.54 Å². The van der Waals surface area contributed by atoms with Gasteiger partial charge >= 0.3 is 0 Å². The van der Waals surface area contributed by atoms with E-state index < -0.39 is 0 Å².